The van der Waals surface area contributed by atoms with Crippen LogP contribution in [0.4, 0.5) is 0 Å². The summed E-state index contributed by atoms with van der Waals surface area (Å²) >= 11 is 3.16. The maximum atomic E-state index is 12.2. The van der Waals surface area contributed by atoms with E-state index in [4.69, 9.17) is 4.42 Å². The van der Waals surface area contributed by atoms with E-state index in [0.29, 0.717) is 17.1 Å². The first kappa shape index (κ1) is 15.3. The van der Waals surface area contributed by atoms with Crippen molar-refractivity contribution in [3.8, 4) is 0 Å². The molecule has 0 aliphatic heterocycles. The summed E-state index contributed by atoms with van der Waals surface area (Å²) in [6.07, 6.45) is 1.69. The molecule has 122 valence electrons. The number of fused-ring (bicyclic) bond motifs is 1. The van der Waals surface area contributed by atoms with Crippen LogP contribution < -0.4 is 10.5 Å². The molecule has 7 heteroatoms. The molecule has 0 spiro atoms. The van der Waals surface area contributed by atoms with Crippen LogP contribution in [0, 0.1) is 0 Å². The van der Waals surface area contributed by atoms with Crippen LogP contribution >= 0.6 is 22.7 Å². The van der Waals surface area contributed by atoms with Crippen molar-refractivity contribution in [1.82, 2.24) is 9.97 Å². The van der Waals surface area contributed by atoms with E-state index in [-0.39, 0.29) is 5.56 Å². The Labute approximate surface area is 146 Å². The van der Waals surface area contributed by atoms with Gasteiger partial charge in [0.1, 0.15) is 24.3 Å². The highest BCUT2D eigenvalue weighted by Gasteiger charge is 2.16. The minimum absolute atomic E-state index is 0.0570. The van der Waals surface area contributed by atoms with Crippen LogP contribution in [-0.2, 0) is 19.6 Å². The molecule has 0 radical (unpaired) electrons. The lowest BCUT2D eigenvalue weighted by Gasteiger charge is -2.17. The SMILES string of the molecule is O=c1[nH]c(C[NH+](Cc2ccco2)Cc2cccs2)nc2ccsc12. The van der Waals surface area contributed by atoms with E-state index in [1.165, 1.54) is 21.1 Å². The summed E-state index contributed by atoms with van der Waals surface area (Å²) in [5.41, 5.74) is 0.714. The number of hydrogen-bond donors (Lipinski definition) is 2. The summed E-state index contributed by atoms with van der Waals surface area (Å²) in [7, 11) is 0. The maximum Gasteiger partial charge on any atom is 0.269 e. The standard InChI is InChI=1S/C17H15N3O2S2/c21-17-16-14(5-8-24-16)18-15(19-17)11-20(9-12-3-1-6-22-12)10-13-4-2-7-23-13/h1-8H,9-11H2,(H,18,19,21)/p+1. The molecule has 0 saturated heterocycles. The summed E-state index contributed by atoms with van der Waals surface area (Å²) < 4.78 is 6.18. The number of H-pyrrole nitrogens is 1. The molecule has 2 N–H and O–H groups in total. The van der Waals surface area contributed by atoms with Gasteiger partial charge < -0.3 is 14.3 Å². The van der Waals surface area contributed by atoms with Crippen LogP contribution in [0.15, 0.2) is 56.6 Å². The Morgan fingerprint density at radius 3 is 2.83 bits per heavy atom. The number of quaternary nitrogens is 1. The molecule has 5 nitrogen and oxygen atoms in total. The highest BCUT2D eigenvalue weighted by molar-refractivity contribution is 7.17. The fourth-order valence-electron chi connectivity index (χ4n) is 2.75. The molecule has 1 atom stereocenters. The van der Waals surface area contributed by atoms with Crippen LogP contribution in [0.5, 0.6) is 0 Å². The number of thiophene rings is 2. The lowest BCUT2D eigenvalue weighted by Crippen LogP contribution is -3.08. The van der Waals surface area contributed by atoms with Gasteiger partial charge in [0.2, 0.25) is 0 Å². The van der Waals surface area contributed by atoms with E-state index in [9.17, 15) is 4.79 Å². The molecule has 4 aromatic heterocycles. The van der Waals surface area contributed by atoms with Crippen molar-refractivity contribution < 1.29 is 9.32 Å². The van der Waals surface area contributed by atoms with Gasteiger partial charge in [-0.3, -0.25) is 4.79 Å². The molecule has 0 aliphatic rings. The maximum absolute atomic E-state index is 12.2. The smallest absolute Gasteiger partial charge is 0.269 e. The van der Waals surface area contributed by atoms with Crippen LogP contribution in [0.1, 0.15) is 16.5 Å². The number of rotatable bonds is 6. The predicted octanol–water partition coefficient (Wildman–Crippen LogP) is 2.42. The van der Waals surface area contributed by atoms with Crippen molar-refractivity contribution in [3.63, 3.8) is 0 Å². The van der Waals surface area contributed by atoms with Crippen molar-refractivity contribution in [2.24, 2.45) is 0 Å². The van der Waals surface area contributed by atoms with E-state index < -0.39 is 0 Å². The van der Waals surface area contributed by atoms with Gasteiger partial charge in [0.25, 0.3) is 5.56 Å². The number of furan rings is 1. The molecule has 0 aliphatic carbocycles. The van der Waals surface area contributed by atoms with E-state index in [0.717, 1.165) is 24.4 Å². The van der Waals surface area contributed by atoms with Gasteiger partial charge in [0, 0.05) is 0 Å². The zero-order valence-corrected chi connectivity index (χ0v) is 14.5. The topological polar surface area (TPSA) is 63.3 Å². The molecular weight excluding hydrogens is 342 g/mol. The molecular formula is C17H16N3O2S2+. The number of aromatic nitrogens is 2. The molecule has 0 aromatic carbocycles. The van der Waals surface area contributed by atoms with Crippen molar-refractivity contribution >= 4 is 32.9 Å². The molecule has 4 rings (SSSR count). The van der Waals surface area contributed by atoms with E-state index in [1.54, 1.807) is 17.6 Å². The number of aromatic amines is 1. The highest BCUT2D eigenvalue weighted by atomic mass is 32.1. The Morgan fingerprint density at radius 1 is 1.08 bits per heavy atom. The van der Waals surface area contributed by atoms with E-state index in [2.05, 4.69) is 27.5 Å². The Morgan fingerprint density at radius 2 is 2.04 bits per heavy atom. The number of nitrogens with one attached hydrogen (secondary N) is 2. The second-order valence-electron chi connectivity index (χ2n) is 5.59. The summed E-state index contributed by atoms with van der Waals surface area (Å²) in [4.78, 5) is 22.3. The fourth-order valence-corrected chi connectivity index (χ4v) is 4.25. The lowest BCUT2D eigenvalue weighted by atomic mass is 10.3. The van der Waals surface area contributed by atoms with Crippen LogP contribution in [-0.4, -0.2) is 9.97 Å². The average molecular weight is 358 g/mol. The molecule has 0 amide bonds. The summed E-state index contributed by atoms with van der Waals surface area (Å²) in [5.74, 6) is 1.64. The monoisotopic (exact) mass is 358 g/mol. The largest absolute Gasteiger partial charge is 0.463 e. The Hall–Kier alpha value is -2.22. The minimum Gasteiger partial charge on any atom is -0.463 e. The quantitative estimate of drug-likeness (QED) is 0.556. The van der Waals surface area contributed by atoms with Crippen molar-refractivity contribution in [3.05, 3.63) is 74.2 Å². The Bertz CT molecular complexity index is 935. The second-order valence-corrected chi connectivity index (χ2v) is 7.54. The van der Waals surface area contributed by atoms with E-state index in [1.807, 2.05) is 23.6 Å². The van der Waals surface area contributed by atoms with Crippen LogP contribution in [0.2, 0.25) is 0 Å². The number of hydrogen-bond acceptors (Lipinski definition) is 5. The summed E-state index contributed by atoms with van der Waals surface area (Å²) in [6.45, 7) is 2.25. The van der Waals surface area contributed by atoms with Gasteiger partial charge in [-0.1, -0.05) is 6.07 Å². The zero-order valence-electron chi connectivity index (χ0n) is 12.8. The van der Waals surface area contributed by atoms with Crippen molar-refractivity contribution in [2.75, 3.05) is 0 Å². The van der Waals surface area contributed by atoms with Gasteiger partial charge in [0.05, 0.1) is 16.7 Å². The van der Waals surface area contributed by atoms with Gasteiger partial charge in [-0.25, -0.2) is 4.98 Å². The van der Waals surface area contributed by atoms with Gasteiger partial charge >= 0.3 is 0 Å². The molecule has 24 heavy (non-hydrogen) atoms. The fraction of sp³-hybridized carbons (Fsp3) is 0.176. The van der Waals surface area contributed by atoms with Gasteiger partial charge in [-0.2, -0.15) is 0 Å². The Balaban J connectivity index is 1.60. The summed E-state index contributed by atoms with van der Waals surface area (Å²) in [6, 6.07) is 9.96. The van der Waals surface area contributed by atoms with Crippen LogP contribution in [0.3, 0.4) is 0 Å². The summed E-state index contributed by atoms with van der Waals surface area (Å²) in [5, 5.41) is 3.98. The average Bonchev–Trinajstić information content (AvgIpc) is 3.28. The first-order valence-corrected chi connectivity index (χ1v) is 9.38. The van der Waals surface area contributed by atoms with Gasteiger partial charge in [0.15, 0.2) is 11.6 Å². The molecule has 4 aromatic rings. The van der Waals surface area contributed by atoms with Crippen molar-refractivity contribution in [2.45, 2.75) is 19.6 Å². The molecule has 1 unspecified atom stereocenters. The van der Waals surface area contributed by atoms with E-state index >= 15 is 0 Å². The minimum atomic E-state index is -0.0570. The Kier molecular flexibility index (Phi) is 4.29. The third kappa shape index (κ3) is 3.33. The van der Waals surface area contributed by atoms with Crippen LogP contribution in [0.25, 0.3) is 10.2 Å². The molecule has 0 fully saturated rings. The van der Waals surface area contributed by atoms with Crippen molar-refractivity contribution in [1.29, 1.82) is 0 Å². The normalized spacial score (nSPS) is 12.7. The zero-order chi connectivity index (χ0) is 16.4. The molecule has 0 saturated carbocycles. The van der Waals surface area contributed by atoms with Gasteiger partial charge in [-0.15, -0.1) is 22.7 Å². The first-order valence-electron chi connectivity index (χ1n) is 7.62. The third-order valence-electron chi connectivity index (χ3n) is 3.79. The predicted molar refractivity (Wildman–Crippen MR) is 95.3 cm³/mol. The lowest BCUT2D eigenvalue weighted by molar-refractivity contribution is -0.942. The van der Waals surface area contributed by atoms with Gasteiger partial charge in [-0.05, 0) is 35.0 Å². The second kappa shape index (κ2) is 6.72. The highest BCUT2D eigenvalue weighted by Crippen LogP contribution is 2.13. The third-order valence-corrected chi connectivity index (χ3v) is 5.57. The molecule has 0 bridgehead atoms. The molecule has 4 heterocycles. The first-order chi connectivity index (χ1) is 11.8. The number of nitrogens with zero attached hydrogens (tertiary/aromatic N) is 1.